The number of hydrogen-bond acceptors (Lipinski definition) is 4. The highest BCUT2D eigenvalue weighted by Gasteiger charge is 2.13. The second-order valence-electron chi connectivity index (χ2n) is 5.35. The van der Waals surface area contributed by atoms with E-state index >= 15 is 0 Å². The molecule has 1 N–H and O–H groups in total. The molecule has 0 saturated carbocycles. The molecule has 0 saturated heterocycles. The van der Waals surface area contributed by atoms with Crippen molar-refractivity contribution in [1.29, 1.82) is 0 Å². The molecule has 0 heterocycles. The van der Waals surface area contributed by atoms with E-state index < -0.39 is 0 Å². The molecule has 128 valence electrons. The van der Waals surface area contributed by atoms with Gasteiger partial charge in [-0.1, -0.05) is 17.7 Å². The van der Waals surface area contributed by atoms with Crippen molar-refractivity contribution in [2.75, 3.05) is 26.1 Å². The van der Waals surface area contributed by atoms with E-state index in [2.05, 4.69) is 5.32 Å². The topological polar surface area (TPSA) is 56.8 Å². The van der Waals surface area contributed by atoms with Crippen LogP contribution in [0.5, 0.6) is 17.2 Å². The molecule has 0 spiro atoms. The lowest BCUT2D eigenvalue weighted by Crippen LogP contribution is -2.20. The first-order valence-corrected chi connectivity index (χ1v) is 7.73. The average Bonchev–Trinajstić information content (AvgIpc) is 2.53. The molecule has 0 aromatic heterocycles. The van der Waals surface area contributed by atoms with Crippen LogP contribution in [0.15, 0.2) is 30.3 Å². The molecule has 1 amide bonds. The summed E-state index contributed by atoms with van der Waals surface area (Å²) in [6.45, 7) is 3.84. The molecule has 0 fully saturated rings. The first-order valence-electron chi connectivity index (χ1n) is 7.35. The number of amides is 1. The van der Waals surface area contributed by atoms with Gasteiger partial charge in [0.15, 0.2) is 6.61 Å². The van der Waals surface area contributed by atoms with Gasteiger partial charge in [-0.15, -0.1) is 0 Å². The van der Waals surface area contributed by atoms with E-state index in [4.69, 9.17) is 25.8 Å². The fraction of sp³-hybridized carbons (Fsp3) is 0.278. The van der Waals surface area contributed by atoms with Crippen molar-refractivity contribution in [2.24, 2.45) is 0 Å². The predicted molar refractivity (Wildman–Crippen MR) is 94.6 cm³/mol. The van der Waals surface area contributed by atoms with Crippen LogP contribution in [0, 0.1) is 13.8 Å². The molecule has 2 aromatic carbocycles. The third kappa shape index (κ3) is 4.55. The van der Waals surface area contributed by atoms with Crippen molar-refractivity contribution in [1.82, 2.24) is 0 Å². The van der Waals surface area contributed by atoms with Gasteiger partial charge >= 0.3 is 0 Å². The number of nitrogens with one attached hydrogen (secondary N) is 1. The zero-order valence-electron chi connectivity index (χ0n) is 14.1. The van der Waals surface area contributed by atoms with Crippen LogP contribution in [0.2, 0.25) is 5.02 Å². The maximum Gasteiger partial charge on any atom is 0.262 e. The molecule has 0 unspecified atom stereocenters. The fourth-order valence-corrected chi connectivity index (χ4v) is 2.54. The molecule has 24 heavy (non-hydrogen) atoms. The van der Waals surface area contributed by atoms with Crippen LogP contribution in [0.25, 0.3) is 0 Å². The normalized spacial score (nSPS) is 10.2. The summed E-state index contributed by atoms with van der Waals surface area (Å²) in [5.74, 6) is 1.24. The van der Waals surface area contributed by atoms with Gasteiger partial charge in [0.25, 0.3) is 5.91 Å². The average molecular weight is 350 g/mol. The van der Waals surface area contributed by atoms with E-state index in [1.807, 2.05) is 32.0 Å². The van der Waals surface area contributed by atoms with Gasteiger partial charge in [0.1, 0.15) is 17.2 Å². The van der Waals surface area contributed by atoms with E-state index in [9.17, 15) is 4.79 Å². The highest BCUT2D eigenvalue weighted by Crippen LogP contribution is 2.35. The Bertz CT molecular complexity index is 726. The Hall–Kier alpha value is -2.40. The summed E-state index contributed by atoms with van der Waals surface area (Å²) >= 11 is 6.05. The summed E-state index contributed by atoms with van der Waals surface area (Å²) < 4.78 is 15.9. The molecule has 2 rings (SSSR count). The monoisotopic (exact) mass is 349 g/mol. The molecule has 0 aliphatic rings. The number of hydrogen-bond donors (Lipinski definition) is 1. The molecule has 0 bridgehead atoms. The Kier molecular flexibility index (Phi) is 5.93. The van der Waals surface area contributed by atoms with E-state index in [0.29, 0.717) is 28.0 Å². The predicted octanol–water partition coefficient (Wildman–Crippen LogP) is 3.99. The highest BCUT2D eigenvalue weighted by molar-refractivity contribution is 6.32. The van der Waals surface area contributed by atoms with Crippen molar-refractivity contribution >= 4 is 23.2 Å². The summed E-state index contributed by atoms with van der Waals surface area (Å²) in [5, 5.41) is 3.14. The Morgan fingerprint density at radius 2 is 1.62 bits per heavy atom. The Labute approximate surface area is 146 Å². The SMILES string of the molecule is COc1cc(NC(=O)COc2cc(C)cc(C)c2)c(OC)cc1Cl. The molecular weight excluding hydrogens is 330 g/mol. The molecule has 0 radical (unpaired) electrons. The lowest BCUT2D eigenvalue weighted by atomic mass is 10.1. The summed E-state index contributed by atoms with van der Waals surface area (Å²) in [4.78, 5) is 12.1. The van der Waals surface area contributed by atoms with Crippen molar-refractivity contribution in [3.8, 4) is 17.2 Å². The Balaban J connectivity index is 2.06. The lowest BCUT2D eigenvalue weighted by Gasteiger charge is -2.13. The van der Waals surface area contributed by atoms with Crippen LogP contribution < -0.4 is 19.5 Å². The van der Waals surface area contributed by atoms with E-state index in [1.54, 1.807) is 12.1 Å². The molecular formula is C18H20ClNO4. The van der Waals surface area contributed by atoms with E-state index in [-0.39, 0.29) is 12.5 Å². The second-order valence-corrected chi connectivity index (χ2v) is 5.75. The minimum Gasteiger partial charge on any atom is -0.495 e. The summed E-state index contributed by atoms with van der Waals surface area (Å²) in [6.07, 6.45) is 0. The second kappa shape index (κ2) is 7.93. The van der Waals surface area contributed by atoms with E-state index in [0.717, 1.165) is 11.1 Å². The third-order valence-corrected chi connectivity index (χ3v) is 3.61. The molecule has 6 heteroatoms. The maximum absolute atomic E-state index is 12.1. The van der Waals surface area contributed by atoms with Gasteiger partial charge in [0, 0.05) is 12.1 Å². The maximum atomic E-state index is 12.1. The molecule has 0 aliphatic heterocycles. The quantitative estimate of drug-likeness (QED) is 0.856. The van der Waals surface area contributed by atoms with E-state index in [1.165, 1.54) is 14.2 Å². The third-order valence-electron chi connectivity index (χ3n) is 3.31. The summed E-state index contributed by atoms with van der Waals surface area (Å²) in [5.41, 5.74) is 2.62. The van der Waals surface area contributed by atoms with Gasteiger partial charge in [-0.3, -0.25) is 4.79 Å². The van der Waals surface area contributed by atoms with Crippen molar-refractivity contribution < 1.29 is 19.0 Å². The lowest BCUT2D eigenvalue weighted by molar-refractivity contribution is -0.118. The highest BCUT2D eigenvalue weighted by atomic mass is 35.5. The van der Waals surface area contributed by atoms with Gasteiger partial charge in [-0.05, 0) is 37.1 Å². The molecule has 5 nitrogen and oxygen atoms in total. The molecule has 2 aromatic rings. The van der Waals surface area contributed by atoms with Gasteiger partial charge in [-0.2, -0.15) is 0 Å². The number of aryl methyl sites for hydroxylation is 2. The first-order chi connectivity index (χ1) is 11.4. The minimum atomic E-state index is -0.308. The minimum absolute atomic E-state index is 0.114. The van der Waals surface area contributed by atoms with Crippen LogP contribution in [0.3, 0.4) is 0 Å². The number of carbonyl (C=O) groups excluding carboxylic acids is 1. The van der Waals surface area contributed by atoms with Gasteiger partial charge in [0.2, 0.25) is 0 Å². The van der Waals surface area contributed by atoms with Gasteiger partial charge < -0.3 is 19.5 Å². The Morgan fingerprint density at radius 1 is 1.00 bits per heavy atom. The molecule has 0 aliphatic carbocycles. The fourth-order valence-electron chi connectivity index (χ4n) is 2.31. The zero-order chi connectivity index (χ0) is 17.7. The molecule has 0 atom stereocenters. The van der Waals surface area contributed by atoms with Crippen LogP contribution in [0.1, 0.15) is 11.1 Å². The van der Waals surface area contributed by atoms with Crippen molar-refractivity contribution in [2.45, 2.75) is 13.8 Å². The number of benzene rings is 2. The van der Waals surface area contributed by atoms with Crippen LogP contribution in [0.4, 0.5) is 5.69 Å². The Morgan fingerprint density at radius 3 is 2.21 bits per heavy atom. The summed E-state index contributed by atoms with van der Waals surface area (Å²) in [6, 6.07) is 8.99. The number of methoxy groups -OCH3 is 2. The van der Waals surface area contributed by atoms with Gasteiger partial charge in [0.05, 0.1) is 24.9 Å². The number of halogens is 1. The van der Waals surface area contributed by atoms with Crippen molar-refractivity contribution in [3.05, 3.63) is 46.5 Å². The van der Waals surface area contributed by atoms with Crippen LogP contribution in [-0.2, 0) is 4.79 Å². The van der Waals surface area contributed by atoms with Gasteiger partial charge in [-0.25, -0.2) is 0 Å². The number of ether oxygens (including phenoxy) is 3. The number of rotatable bonds is 6. The largest absolute Gasteiger partial charge is 0.495 e. The number of carbonyl (C=O) groups is 1. The van der Waals surface area contributed by atoms with Crippen LogP contribution >= 0.6 is 11.6 Å². The zero-order valence-corrected chi connectivity index (χ0v) is 14.9. The first kappa shape index (κ1) is 17.9. The van der Waals surface area contributed by atoms with Crippen molar-refractivity contribution in [3.63, 3.8) is 0 Å². The number of anilines is 1. The standard InChI is InChI=1S/C18H20ClNO4/c1-11-5-12(2)7-13(6-11)24-10-18(21)20-15-9-16(22-3)14(19)8-17(15)23-4/h5-9H,10H2,1-4H3,(H,20,21). The summed E-state index contributed by atoms with van der Waals surface area (Å²) in [7, 11) is 3.00. The smallest absolute Gasteiger partial charge is 0.262 e. The van der Waals surface area contributed by atoms with Crippen LogP contribution in [-0.4, -0.2) is 26.7 Å².